The molecule has 0 aliphatic heterocycles. The highest BCUT2D eigenvalue weighted by atomic mass is 35.5. The zero-order valence-corrected chi connectivity index (χ0v) is 13.5. The van der Waals surface area contributed by atoms with Crippen LogP contribution < -0.4 is 10.1 Å². The Hall–Kier alpha value is -2.67. The van der Waals surface area contributed by atoms with Crippen LogP contribution in [0.4, 0.5) is 5.69 Å². The van der Waals surface area contributed by atoms with Crippen molar-refractivity contribution in [3.8, 4) is 5.75 Å². The first kappa shape index (κ1) is 15.2. The number of anilines is 1. The molecule has 0 aliphatic carbocycles. The fourth-order valence-electron chi connectivity index (χ4n) is 2.11. The Kier molecular flexibility index (Phi) is 3.87. The number of benzene rings is 1. The van der Waals surface area contributed by atoms with E-state index in [0.29, 0.717) is 22.2 Å². The molecule has 0 atom stereocenters. The van der Waals surface area contributed by atoms with Crippen LogP contribution in [0, 0.1) is 13.8 Å². The lowest BCUT2D eigenvalue weighted by Crippen LogP contribution is -2.15. The van der Waals surface area contributed by atoms with E-state index >= 15 is 0 Å². The molecule has 3 aromatic rings. The predicted molar refractivity (Wildman–Crippen MR) is 86.2 cm³/mol. The second-order valence-corrected chi connectivity index (χ2v) is 5.40. The van der Waals surface area contributed by atoms with E-state index in [0.717, 1.165) is 11.3 Å². The minimum Gasteiger partial charge on any atom is -0.495 e. The lowest BCUT2D eigenvalue weighted by Gasteiger charge is -2.11. The molecule has 0 aliphatic rings. The summed E-state index contributed by atoms with van der Waals surface area (Å²) in [4.78, 5) is 20.6. The van der Waals surface area contributed by atoms with Gasteiger partial charge in [-0.25, -0.2) is 9.50 Å². The van der Waals surface area contributed by atoms with Crippen molar-refractivity contribution < 1.29 is 9.53 Å². The van der Waals surface area contributed by atoms with Gasteiger partial charge in [-0.3, -0.25) is 4.79 Å². The van der Waals surface area contributed by atoms with Gasteiger partial charge in [0, 0.05) is 23.0 Å². The molecule has 1 aromatic carbocycles. The summed E-state index contributed by atoms with van der Waals surface area (Å²) >= 11 is 6.06. The van der Waals surface area contributed by atoms with Gasteiger partial charge in [0.05, 0.1) is 12.8 Å². The summed E-state index contributed by atoms with van der Waals surface area (Å²) in [6.45, 7) is 3.70. The number of nitrogens with one attached hydrogen (secondary N) is 1. The van der Waals surface area contributed by atoms with E-state index in [-0.39, 0.29) is 5.82 Å². The van der Waals surface area contributed by atoms with Crippen molar-refractivity contribution in [1.29, 1.82) is 0 Å². The van der Waals surface area contributed by atoms with Gasteiger partial charge in [0.25, 0.3) is 11.7 Å². The first-order valence-corrected chi connectivity index (χ1v) is 7.21. The molecule has 0 bridgehead atoms. The molecular formula is C15H14ClN5O2. The van der Waals surface area contributed by atoms with Crippen LogP contribution in [0.15, 0.2) is 24.4 Å². The Morgan fingerprint density at radius 3 is 2.83 bits per heavy atom. The first-order valence-electron chi connectivity index (χ1n) is 6.83. The van der Waals surface area contributed by atoms with Gasteiger partial charge in [-0.2, -0.15) is 4.98 Å². The monoisotopic (exact) mass is 331 g/mol. The Labute approximate surface area is 137 Å². The Morgan fingerprint density at radius 2 is 2.13 bits per heavy atom. The molecule has 2 heterocycles. The SMILES string of the molecule is COc1cc(Cl)c(C)cc1NC(=O)c1nc2nccc(C)n2n1. The van der Waals surface area contributed by atoms with Crippen molar-refractivity contribution in [2.45, 2.75) is 13.8 Å². The Bertz CT molecular complexity index is 906. The van der Waals surface area contributed by atoms with E-state index in [1.54, 1.807) is 24.4 Å². The second kappa shape index (κ2) is 5.85. The summed E-state index contributed by atoms with van der Waals surface area (Å²) in [6, 6.07) is 5.17. The normalized spacial score (nSPS) is 10.8. The van der Waals surface area contributed by atoms with Crippen LogP contribution in [-0.4, -0.2) is 32.6 Å². The predicted octanol–water partition coefficient (Wildman–Crippen LogP) is 2.66. The molecule has 0 saturated carbocycles. The summed E-state index contributed by atoms with van der Waals surface area (Å²) in [5, 5.41) is 7.47. The van der Waals surface area contributed by atoms with E-state index in [2.05, 4.69) is 20.4 Å². The second-order valence-electron chi connectivity index (χ2n) is 4.99. The zero-order chi connectivity index (χ0) is 16.6. The summed E-state index contributed by atoms with van der Waals surface area (Å²) in [5.74, 6) is 0.415. The number of nitrogens with zero attached hydrogens (tertiary/aromatic N) is 4. The maximum atomic E-state index is 12.4. The summed E-state index contributed by atoms with van der Waals surface area (Å²) in [7, 11) is 1.51. The van der Waals surface area contributed by atoms with E-state index in [1.807, 2.05) is 13.8 Å². The van der Waals surface area contributed by atoms with Gasteiger partial charge >= 0.3 is 0 Å². The number of carbonyl (C=O) groups is 1. The molecule has 118 valence electrons. The standard InChI is InChI=1S/C15H14ClN5O2/c1-8-6-11(12(23-3)7-10(8)16)18-14(22)13-19-15-17-5-4-9(2)21(15)20-13/h4-7H,1-3H3,(H,18,22). The van der Waals surface area contributed by atoms with Crippen molar-refractivity contribution >= 4 is 29.0 Å². The van der Waals surface area contributed by atoms with E-state index < -0.39 is 5.91 Å². The maximum Gasteiger partial charge on any atom is 0.295 e. The third kappa shape index (κ3) is 2.83. The highest BCUT2D eigenvalue weighted by Crippen LogP contribution is 2.31. The molecule has 7 nitrogen and oxygen atoms in total. The van der Waals surface area contributed by atoms with Crippen LogP contribution >= 0.6 is 11.6 Å². The van der Waals surface area contributed by atoms with Crippen LogP contribution in [0.25, 0.3) is 5.78 Å². The third-order valence-electron chi connectivity index (χ3n) is 3.36. The van der Waals surface area contributed by atoms with Gasteiger partial charge < -0.3 is 10.1 Å². The number of hydrogen-bond acceptors (Lipinski definition) is 5. The van der Waals surface area contributed by atoms with Crippen LogP contribution in [0.3, 0.4) is 0 Å². The number of ether oxygens (including phenoxy) is 1. The van der Waals surface area contributed by atoms with Gasteiger partial charge in [-0.15, -0.1) is 5.10 Å². The molecule has 0 radical (unpaired) electrons. The molecule has 3 rings (SSSR count). The van der Waals surface area contributed by atoms with Gasteiger partial charge in [0.2, 0.25) is 5.82 Å². The highest BCUT2D eigenvalue weighted by Gasteiger charge is 2.17. The van der Waals surface area contributed by atoms with Crippen molar-refractivity contribution in [2.75, 3.05) is 12.4 Å². The van der Waals surface area contributed by atoms with Crippen LogP contribution in [0.2, 0.25) is 5.02 Å². The number of methoxy groups -OCH3 is 1. The molecule has 23 heavy (non-hydrogen) atoms. The zero-order valence-electron chi connectivity index (χ0n) is 12.8. The van der Waals surface area contributed by atoms with Crippen LogP contribution in [-0.2, 0) is 0 Å². The summed E-state index contributed by atoms with van der Waals surface area (Å²) in [5.41, 5.74) is 2.16. The number of aromatic nitrogens is 4. The largest absolute Gasteiger partial charge is 0.495 e. The van der Waals surface area contributed by atoms with Crippen molar-refractivity contribution in [3.05, 3.63) is 46.5 Å². The average Bonchev–Trinajstić information content (AvgIpc) is 2.96. The minimum atomic E-state index is -0.449. The molecule has 0 fully saturated rings. The van der Waals surface area contributed by atoms with Crippen molar-refractivity contribution in [3.63, 3.8) is 0 Å². The number of carbonyl (C=O) groups excluding carboxylic acids is 1. The number of aryl methyl sites for hydroxylation is 2. The third-order valence-corrected chi connectivity index (χ3v) is 3.77. The molecule has 1 N–H and O–H groups in total. The van der Waals surface area contributed by atoms with Crippen molar-refractivity contribution in [2.24, 2.45) is 0 Å². The summed E-state index contributed by atoms with van der Waals surface area (Å²) < 4.78 is 6.75. The smallest absolute Gasteiger partial charge is 0.295 e. The topological polar surface area (TPSA) is 81.4 Å². The number of amides is 1. The average molecular weight is 332 g/mol. The van der Waals surface area contributed by atoms with Gasteiger partial charge in [-0.05, 0) is 31.5 Å². The molecular weight excluding hydrogens is 318 g/mol. The Morgan fingerprint density at radius 1 is 1.35 bits per heavy atom. The molecule has 0 unspecified atom stereocenters. The number of fused-ring (bicyclic) bond motifs is 1. The van der Waals surface area contributed by atoms with E-state index in [9.17, 15) is 4.79 Å². The molecule has 1 amide bonds. The van der Waals surface area contributed by atoms with Crippen LogP contribution in [0.1, 0.15) is 21.9 Å². The number of rotatable bonds is 3. The molecule has 2 aromatic heterocycles. The fraction of sp³-hybridized carbons (Fsp3) is 0.200. The lowest BCUT2D eigenvalue weighted by atomic mass is 10.2. The quantitative estimate of drug-likeness (QED) is 0.798. The Balaban J connectivity index is 1.94. The number of hydrogen-bond donors (Lipinski definition) is 1. The maximum absolute atomic E-state index is 12.4. The minimum absolute atomic E-state index is 0.0291. The van der Waals surface area contributed by atoms with Gasteiger partial charge in [0.1, 0.15) is 5.75 Å². The van der Waals surface area contributed by atoms with Crippen molar-refractivity contribution in [1.82, 2.24) is 19.6 Å². The van der Waals surface area contributed by atoms with Crippen LogP contribution in [0.5, 0.6) is 5.75 Å². The molecule has 0 saturated heterocycles. The lowest BCUT2D eigenvalue weighted by molar-refractivity contribution is 0.101. The van der Waals surface area contributed by atoms with E-state index in [1.165, 1.54) is 11.6 Å². The molecule has 0 spiro atoms. The van der Waals surface area contributed by atoms with E-state index in [4.69, 9.17) is 16.3 Å². The van der Waals surface area contributed by atoms with Gasteiger partial charge in [-0.1, -0.05) is 11.6 Å². The first-order chi connectivity index (χ1) is 11.0. The van der Waals surface area contributed by atoms with Gasteiger partial charge in [0.15, 0.2) is 0 Å². The molecule has 8 heteroatoms. The number of halogens is 1. The summed E-state index contributed by atoms with van der Waals surface area (Å²) in [6.07, 6.45) is 1.62. The fourth-order valence-corrected chi connectivity index (χ4v) is 2.26. The highest BCUT2D eigenvalue weighted by molar-refractivity contribution is 6.31.